The number of rotatable bonds is 8. The van der Waals surface area contributed by atoms with Crippen molar-refractivity contribution in [2.24, 2.45) is 22.9 Å². The molecule has 166 valence electrons. The molecule has 0 aromatic heterocycles. The molecule has 3 atom stereocenters. The second kappa shape index (κ2) is 8.25. The maximum absolute atomic E-state index is 12.8. The van der Waals surface area contributed by atoms with Crippen molar-refractivity contribution in [1.29, 1.82) is 0 Å². The van der Waals surface area contributed by atoms with Crippen molar-refractivity contribution in [1.82, 2.24) is 10.3 Å². The average Bonchev–Trinajstić information content (AvgIpc) is 3.14. The molecule has 0 amide bonds. The van der Waals surface area contributed by atoms with Gasteiger partial charge >= 0.3 is 0 Å². The molecule has 6 heteroatoms. The normalized spacial score (nSPS) is 33.1. The fraction of sp³-hybridized carbons (Fsp3) is 0.600. The minimum absolute atomic E-state index is 0.0422. The van der Waals surface area contributed by atoms with Crippen LogP contribution in [-0.2, 0) is 0 Å². The van der Waals surface area contributed by atoms with Crippen LogP contribution in [0.3, 0.4) is 0 Å². The second-order valence-electron chi connectivity index (χ2n) is 9.84. The van der Waals surface area contributed by atoms with Crippen LogP contribution in [0.25, 0.3) is 0 Å². The lowest BCUT2D eigenvalue weighted by molar-refractivity contribution is 0.0955. The summed E-state index contributed by atoms with van der Waals surface area (Å²) >= 11 is 6.66. The van der Waals surface area contributed by atoms with Crippen LogP contribution >= 0.6 is 11.6 Å². The van der Waals surface area contributed by atoms with Gasteiger partial charge in [0.25, 0.3) is 0 Å². The van der Waals surface area contributed by atoms with E-state index in [4.69, 9.17) is 11.6 Å². The summed E-state index contributed by atoms with van der Waals surface area (Å²) in [4.78, 5) is 15.0. The third kappa shape index (κ3) is 3.91. The molecule has 0 radical (unpaired) electrons. The molecule has 4 aliphatic carbocycles. The van der Waals surface area contributed by atoms with Gasteiger partial charge in [0.2, 0.25) is 0 Å². The Balaban J connectivity index is 1.20. The number of nitrogens with one attached hydrogen (secondary N) is 1. The molecule has 3 unspecified atom stereocenters. The number of halogens is 1. The van der Waals surface area contributed by atoms with Crippen LogP contribution in [0.5, 0.6) is 0 Å². The lowest BCUT2D eigenvalue weighted by Crippen LogP contribution is -2.53. The Hall–Kier alpha value is -1.85. The molecule has 4 fully saturated rings. The van der Waals surface area contributed by atoms with Gasteiger partial charge < -0.3 is 4.90 Å². The number of hydrogen-bond donors (Lipinski definition) is 1. The van der Waals surface area contributed by atoms with Gasteiger partial charge in [0.1, 0.15) is 6.54 Å². The summed E-state index contributed by atoms with van der Waals surface area (Å²) in [6.45, 7) is 6.37. The monoisotopic (exact) mass is 440 g/mol. The summed E-state index contributed by atoms with van der Waals surface area (Å²) in [5.41, 5.74) is 2.10. The number of benzene rings is 1. The van der Waals surface area contributed by atoms with E-state index in [2.05, 4.69) is 29.2 Å². The molecule has 31 heavy (non-hydrogen) atoms. The molecule has 1 N–H and O–H groups in total. The van der Waals surface area contributed by atoms with E-state index in [1.54, 1.807) is 5.01 Å². The van der Waals surface area contributed by atoms with E-state index in [1.165, 1.54) is 32.1 Å². The molecule has 4 bridgehead atoms. The van der Waals surface area contributed by atoms with E-state index in [0.29, 0.717) is 5.56 Å². The Kier molecular flexibility index (Phi) is 5.59. The molecule has 0 spiro atoms. The highest BCUT2D eigenvalue weighted by Crippen LogP contribution is 2.60. The fourth-order valence-corrected chi connectivity index (χ4v) is 6.92. The van der Waals surface area contributed by atoms with Gasteiger partial charge in [-0.2, -0.15) is 5.10 Å². The van der Waals surface area contributed by atoms with Crippen LogP contribution in [0.2, 0.25) is 0 Å². The van der Waals surface area contributed by atoms with Gasteiger partial charge in [-0.1, -0.05) is 11.6 Å². The number of carbonyl (C=O) groups is 1. The lowest BCUT2D eigenvalue weighted by Gasteiger charge is -2.37. The molecule has 5 nitrogen and oxygen atoms in total. The van der Waals surface area contributed by atoms with Crippen LogP contribution in [0, 0.1) is 17.8 Å². The summed E-state index contributed by atoms with van der Waals surface area (Å²) < 4.78 is 0. The van der Waals surface area contributed by atoms with E-state index in [9.17, 15) is 4.79 Å². The molecular formula is C25H33ClN4O. The first kappa shape index (κ1) is 21.0. The van der Waals surface area contributed by atoms with Crippen molar-refractivity contribution >= 4 is 29.3 Å². The first-order valence-corrected chi connectivity index (χ1v) is 12.2. The minimum Gasteiger partial charge on any atom is -0.372 e. The average molecular weight is 441 g/mol. The van der Waals surface area contributed by atoms with Gasteiger partial charge in [0, 0.05) is 42.3 Å². The third-order valence-corrected chi connectivity index (χ3v) is 8.32. The van der Waals surface area contributed by atoms with Crippen LogP contribution < -0.4 is 10.2 Å². The Labute approximate surface area is 190 Å². The van der Waals surface area contributed by atoms with Crippen LogP contribution in [0.1, 0.15) is 56.3 Å². The second-order valence-corrected chi connectivity index (χ2v) is 10.3. The predicted molar refractivity (Wildman–Crippen MR) is 127 cm³/mol. The minimum atomic E-state index is -0.0422. The highest BCUT2D eigenvalue weighted by molar-refractivity contribution is 6.31. The lowest BCUT2D eigenvalue weighted by atomic mass is 9.80. The zero-order valence-electron chi connectivity index (χ0n) is 18.6. The van der Waals surface area contributed by atoms with E-state index < -0.39 is 0 Å². The molecule has 0 saturated heterocycles. The number of carbonyl (C=O) groups excluding carboxylic acids is 1. The van der Waals surface area contributed by atoms with Gasteiger partial charge in [0.15, 0.2) is 5.78 Å². The first-order valence-electron chi connectivity index (χ1n) is 11.8. The molecule has 1 heterocycles. The Morgan fingerprint density at radius 1 is 1.16 bits per heavy atom. The summed E-state index contributed by atoms with van der Waals surface area (Å²) in [5.74, 6) is 2.64. The quantitative estimate of drug-likeness (QED) is 0.598. The van der Waals surface area contributed by atoms with E-state index in [0.717, 1.165) is 41.6 Å². The molecule has 6 rings (SSSR count). The van der Waals surface area contributed by atoms with Crippen LogP contribution in [0.4, 0.5) is 5.69 Å². The van der Waals surface area contributed by atoms with Gasteiger partial charge in [-0.25, -0.2) is 0 Å². The Morgan fingerprint density at radius 2 is 1.84 bits per heavy atom. The number of hydrogen-bond acceptors (Lipinski definition) is 5. The summed E-state index contributed by atoms with van der Waals surface area (Å²) in [6, 6.07) is 7.81. The third-order valence-electron chi connectivity index (χ3n) is 7.99. The number of nitrogens with zero attached hydrogens (tertiary/aromatic N) is 3. The van der Waals surface area contributed by atoms with Crippen molar-refractivity contribution in [3.05, 3.63) is 41.1 Å². The summed E-state index contributed by atoms with van der Waals surface area (Å²) in [6.07, 6.45) is 10.5. The van der Waals surface area contributed by atoms with Crippen molar-refractivity contribution in [2.75, 3.05) is 24.5 Å². The Bertz CT molecular complexity index is 877. The van der Waals surface area contributed by atoms with Crippen molar-refractivity contribution in [3.8, 4) is 0 Å². The van der Waals surface area contributed by atoms with Crippen LogP contribution in [-0.4, -0.2) is 48.2 Å². The topological polar surface area (TPSA) is 47.9 Å². The van der Waals surface area contributed by atoms with Gasteiger partial charge in [-0.15, -0.1) is 0 Å². The highest BCUT2D eigenvalue weighted by Gasteiger charge is 2.58. The van der Waals surface area contributed by atoms with Gasteiger partial charge in [-0.05, 0) is 88.0 Å². The maximum Gasteiger partial charge on any atom is 0.184 e. The molecule has 5 aliphatic rings. The largest absolute Gasteiger partial charge is 0.372 e. The number of hydrazone groups is 1. The Morgan fingerprint density at radius 3 is 2.45 bits per heavy atom. The first-order chi connectivity index (χ1) is 15.0. The van der Waals surface area contributed by atoms with Crippen molar-refractivity contribution in [3.63, 3.8) is 0 Å². The van der Waals surface area contributed by atoms with Crippen molar-refractivity contribution < 1.29 is 4.79 Å². The van der Waals surface area contributed by atoms with E-state index in [1.807, 2.05) is 36.7 Å². The SMILES string of the molecule is CCN(CC)c1ccc(C(=O)CN2C=C(Cl)C(NC34CC5CC(CC3C5)C4)C=N2)cc1. The molecule has 1 aliphatic heterocycles. The zero-order chi connectivity index (χ0) is 21.6. The van der Waals surface area contributed by atoms with E-state index in [-0.39, 0.29) is 23.9 Å². The standard InChI is InChI=1S/C25H33ClN4O/c1-3-29(4-2)21-7-5-19(6-8-21)24(31)16-30-15-22(26)23(14-27-30)28-25-12-17-9-18(13-25)11-20(25)10-17/h5-8,14-15,17-18,20,23,28H,3-4,9-13,16H2,1-2H3. The number of Topliss-reactive ketones (excluding diaryl/α,β-unsaturated/α-hetero) is 1. The summed E-state index contributed by atoms with van der Waals surface area (Å²) in [5, 5.41) is 10.8. The predicted octanol–water partition coefficient (Wildman–Crippen LogP) is 4.63. The van der Waals surface area contributed by atoms with Gasteiger partial charge in [-0.3, -0.25) is 15.1 Å². The maximum atomic E-state index is 12.8. The fourth-order valence-electron chi connectivity index (χ4n) is 6.70. The van der Waals surface area contributed by atoms with Gasteiger partial charge in [0.05, 0.1) is 11.1 Å². The number of ketones is 1. The molecule has 4 saturated carbocycles. The van der Waals surface area contributed by atoms with Crippen LogP contribution in [0.15, 0.2) is 40.6 Å². The smallest absolute Gasteiger partial charge is 0.184 e. The highest BCUT2D eigenvalue weighted by atomic mass is 35.5. The number of anilines is 1. The summed E-state index contributed by atoms with van der Waals surface area (Å²) in [7, 11) is 0. The molecule has 1 aromatic carbocycles. The molecule has 1 aromatic rings. The zero-order valence-corrected chi connectivity index (χ0v) is 19.3. The van der Waals surface area contributed by atoms with E-state index >= 15 is 0 Å². The van der Waals surface area contributed by atoms with Crippen molar-refractivity contribution in [2.45, 2.75) is 57.5 Å². The molecular weight excluding hydrogens is 408 g/mol.